The van der Waals surface area contributed by atoms with E-state index in [9.17, 15) is 9.90 Å². The first-order chi connectivity index (χ1) is 9.72. The number of hydrogen-bond donors (Lipinski definition) is 1. The fourth-order valence-electron chi connectivity index (χ4n) is 2.06. The van der Waals surface area contributed by atoms with Crippen LogP contribution in [0, 0.1) is 0 Å². The van der Waals surface area contributed by atoms with Crippen LogP contribution in [-0.2, 0) is 6.42 Å². The fourth-order valence-corrected chi connectivity index (χ4v) is 2.06. The van der Waals surface area contributed by atoms with Gasteiger partial charge in [-0.15, -0.1) is 0 Å². The molecule has 104 valence electrons. The molecule has 0 saturated carbocycles. The topological polar surface area (TPSA) is 49.8 Å². The highest BCUT2D eigenvalue weighted by molar-refractivity contribution is 5.88. The van der Waals surface area contributed by atoms with Crippen LogP contribution in [0.2, 0.25) is 0 Å². The fraction of sp³-hybridized carbons (Fsp3) is 0.188. The van der Waals surface area contributed by atoms with Crippen LogP contribution in [0.25, 0.3) is 0 Å². The van der Waals surface area contributed by atoms with Crippen LogP contribution in [0.4, 0.5) is 10.5 Å². The highest BCUT2D eigenvalue weighted by Crippen LogP contribution is 2.27. The average molecular weight is 271 g/mol. The molecule has 4 heteroatoms. The number of methoxy groups -OCH3 is 1. The summed E-state index contributed by atoms with van der Waals surface area (Å²) in [5.41, 5.74) is 1.67. The minimum atomic E-state index is -0.981. The number of anilines is 1. The second-order valence-electron chi connectivity index (χ2n) is 4.34. The normalized spacial score (nSPS) is 10.1. The van der Waals surface area contributed by atoms with E-state index in [0.717, 1.165) is 5.56 Å². The Morgan fingerprint density at radius 1 is 1.10 bits per heavy atom. The van der Waals surface area contributed by atoms with Crippen LogP contribution in [0.15, 0.2) is 54.6 Å². The summed E-state index contributed by atoms with van der Waals surface area (Å²) in [6.45, 7) is 0.389. The smallest absolute Gasteiger partial charge is 0.411 e. The molecular formula is C16H17NO3. The van der Waals surface area contributed by atoms with Gasteiger partial charge in [-0.3, -0.25) is 4.90 Å². The van der Waals surface area contributed by atoms with Gasteiger partial charge >= 0.3 is 6.09 Å². The minimum absolute atomic E-state index is 0.389. The quantitative estimate of drug-likeness (QED) is 0.906. The zero-order valence-electron chi connectivity index (χ0n) is 11.3. The maximum Gasteiger partial charge on any atom is 0.411 e. The molecule has 4 nitrogen and oxygen atoms in total. The van der Waals surface area contributed by atoms with Crippen molar-refractivity contribution in [3.63, 3.8) is 0 Å². The van der Waals surface area contributed by atoms with E-state index < -0.39 is 6.09 Å². The standard InChI is InChI=1S/C16H17NO3/c1-20-15-10-6-5-9-14(15)17(16(18)19)12-11-13-7-3-2-4-8-13/h2-10H,11-12H2,1H3,(H,18,19). The Hall–Kier alpha value is -2.49. The van der Waals surface area contributed by atoms with Gasteiger partial charge in [-0.1, -0.05) is 42.5 Å². The molecule has 0 heterocycles. The summed E-state index contributed by atoms with van der Waals surface area (Å²) < 4.78 is 5.22. The van der Waals surface area contributed by atoms with Crippen molar-refractivity contribution in [2.24, 2.45) is 0 Å². The summed E-state index contributed by atoms with van der Waals surface area (Å²) in [6, 6.07) is 16.9. The number of carbonyl (C=O) groups is 1. The molecule has 0 aliphatic carbocycles. The van der Waals surface area contributed by atoms with E-state index in [-0.39, 0.29) is 0 Å². The van der Waals surface area contributed by atoms with Crippen molar-refractivity contribution in [2.75, 3.05) is 18.6 Å². The summed E-state index contributed by atoms with van der Waals surface area (Å²) >= 11 is 0. The van der Waals surface area contributed by atoms with Crippen molar-refractivity contribution >= 4 is 11.8 Å². The van der Waals surface area contributed by atoms with E-state index in [0.29, 0.717) is 24.4 Å². The molecule has 2 aromatic carbocycles. The first-order valence-electron chi connectivity index (χ1n) is 6.40. The Balaban J connectivity index is 2.17. The summed E-state index contributed by atoms with van der Waals surface area (Å²) in [5, 5.41) is 9.40. The second kappa shape index (κ2) is 6.61. The van der Waals surface area contributed by atoms with Crippen molar-refractivity contribution in [3.05, 3.63) is 60.2 Å². The Morgan fingerprint density at radius 3 is 2.40 bits per heavy atom. The number of carboxylic acid groups (broad SMARTS) is 1. The van der Waals surface area contributed by atoms with Crippen molar-refractivity contribution in [2.45, 2.75) is 6.42 Å². The van der Waals surface area contributed by atoms with Crippen LogP contribution in [-0.4, -0.2) is 24.9 Å². The van der Waals surface area contributed by atoms with Crippen LogP contribution in [0.1, 0.15) is 5.56 Å². The molecular weight excluding hydrogens is 254 g/mol. The molecule has 0 aliphatic rings. The molecule has 0 unspecified atom stereocenters. The maximum atomic E-state index is 11.5. The van der Waals surface area contributed by atoms with E-state index in [4.69, 9.17) is 4.74 Å². The van der Waals surface area contributed by atoms with Crippen LogP contribution in [0.3, 0.4) is 0 Å². The van der Waals surface area contributed by atoms with Crippen molar-refractivity contribution in [1.29, 1.82) is 0 Å². The highest BCUT2D eigenvalue weighted by atomic mass is 16.5. The van der Waals surface area contributed by atoms with Gasteiger partial charge in [0.15, 0.2) is 0 Å². The van der Waals surface area contributed by atoms with Gasteiger partial charge in [-0.05, 0) is 24.1 Å². The summed E-state index contributed by atoms with van der Waals surface area (Å²) in [7, 11) is 1.54. The lowest BCUT2D eigenvalue weighted by Crippen LogP contribution is -2.31. The lowest BCUT2D eigenvalue weighted by atomic mass is 10.1. The van der Waals surface area contributed by atoms with Crippen molar-refractivity contribution in [3.8, 4) is 5.75 Å². The molecule has 0 radical (unpaired) electrons. The van der Waals surface area contributed by atoms with E-state index in [1.807, 2.05) is 36.4 Å². The Kier molecular flexibility index (Phi) is 4.60. The number of benzene rings is 2. The molecule has 2 aromatic rings. The largest absolute Gasteiger partial charge is 0.495 e. The molecule has 0 saturated heterocycles. The zero-order chi connectivity index (χ0) is 14.4. The van der Waals surface area contributed by atoms with Gasteiger partial charge in [0.1, 0.15) is 5.75 Å². The predicted molar refractivity (Wildman–Crippen MR) is 78.5 cm³/mol. The Labute approximate surface area is 118 Å². The van der Waals surface area contributed by atoms with Gasteiger partial charge in [0.2, 0.25) is 0 Å². The van der Waals surface area contributed by atoms with Crippen molar-refractivity contribution in [1.82, 2.24) is 0 Å². The number of amides is 1. The molecule has 1 amide bonds. The molecule has 0 atom stereocenters. The predicted octanol–water partition coefficient (Wildman–Crippen LogP) is 3.42. The Morgan fingerprint density at radius 2 is 1.75 bits per heavy atom. The molecule has 1 N–H and O–H groups in total. The van der Waals surface area contributed by atoms with E-state index in [2.05, 4.69) is 0 Å². The zero-order valence-corrected chi connectivity index (χ0v) is 11.3. The van der Waals surface area contributed by atoms with Crippen LogP contribution < -0.4 is 9.64 Å². The SMILES string of the molecule is COc1ccccc1N(CCc1ccccc1)C(=O)O. The van der Waals surface area contributed by atoms with Crippen LogP contribution >= 0.6 is 0 Å². The summed E-state index contributed by atoms with van der Waals surface area (Å²) in [5.74, 6) is 0.558. The van der Waals surface area contributed by atoms with Gasteiger partial charge in [0.05, 0.1) is 12.8 Å². The van der Waals surface area contributed by atoms with Gasteiger partial charge in [-0.25, -0.2) is 4.79 Å². The number of ether oxygens (including phenoxy) is 1. The lowest BCUT2D eigenvalue weighted by molar-refractivity contribution is 0.201. The molecule has 0 aromatic heterocycles. The second-order valence-corrected chi connectivity index (χ2v) is 4.34. The van der Waals surface area contributed by atoms with E-state index in [1.54, 1.807) is 18.2 Å². The number of para-hydroxylation sites is 2. The first-order valence-corrected chi connectivity index (χ1v) is 6.40. The highest BCUT2D eigenvalue weighted by Gasteiger charge is 2.17. The van der Waals surface area contributed by atoms with Gasteiger partial charge in [0.25, 0.3) is 0 Å². The third-order valence-electron chi connectivity index (χ3n) is 3.07. The number of rotatable bonds is 5. The average Bonchev–Trinajstić information content (AvgIpc) is 2.48. The molecule has 20 heavy (non-hydrogen) atoms. The number of nitrogens with zero attached hydrogens (tertiary/aromatic N) is 1. The molecule has 0 bridgehead atoms. The lowest BCUT2D eigenvalue weighted by Gasteiger charge is -2.21. The summed E-state index contributed by atoms with van der Waals surface area (Å²) in [4.78, 5) is 12.8. The monoisotopic (exact) mass is 271 g/mol. The van der Waals surface area contributed by atoms with Gasteiger partial charge in [-0.2, -0.15) is 0 Å². The molecule has 2 rings (SSSR count). The first kappa shape index (κ1) is 13.9. The van der Waals surface area contributed by atoms with E-state index >= 15 is 0 Å². The summed E-state index contributed by atoms with van der Waals surface area (Å²) in [6.07, 6.45) is -0.323. The maximum absolute atomic E-state index is 11.5. The van der Waals surface area contributed by atoms with Crippen LogP contribution in [0.5, 0.6) is 5.75 Å². The molecule has 0 fully saturated rings. The Bertz CT molecular complexity index is 569. The minimum Gasteiger partial charge on any atom is -0.495 e. The van der Waals surface area contributed by atoms with Crippen molar-refractivity contribution < 1.29 is 14.6 Å². The molecule has 0 aliphatic heterocycles. The van der Waals surface area contributed by atoms with E-state index in [1.165, 1.54) is 12.0 Å². The third-order valence-corrected chi connectivity index (χ3v) is 3.07. The van der Waals surface area contributed by atoms with Gasteiger partial charge in [0, 0.05) is 6.54 Å². The third kappa shape index (κ3) is 3.29. The van der Waals surface area contributed by atoms with Gasteiger partial charge < -0.3 is 9.84 Å². The number of hydrogen-bond acceptors (Lipinski definition) is 2. The molecule has 0 spiro atoms.